The van der Waals surface area contributed by atoms with Gasteiger partial charge in [-0.15, -0.1) is 0 Å². The summed E-state index contributed by atoms with van der Waals surface area (Å²) >= 11 is 0. The number of carbonyl (C=O) groups is 2. The highest BCUT2D eigenvalue weighted by Crippen LogP contribution is 2.29. The van der Waals surface area contributed by atoms with Crippen LogP contribution < -0.4 is 16.0 Å². The zero-order valence-corrected chi connectivity index (χ0v) is 18.0. The Kier molecular flexibility index (Phi) is 6.46. The third-order valence-corrected chi connectivity index (χ3v) is 5.40. The van der Waals surface area contributed by atoms with E-state index in [4.69, 9.17) is 10.5 Å². The van der Waals surface area contributed by atoms with Gasteiger partial charge in [-0.1, -0.05) is 36.4 Å². The summed E-state index contributed by atoms with van der Waals surface area (Å²) in [5, 5.41) is 3.28. The standard InChI is InChI=1S/C23H26N6O3/c1-28-10-12-29(13-11-28)21-20-17(8-5-9-18(20)26-23(24)27-21)22(31)25-14-19(30)32-15-16-6-3-2-4-7-16/h2-9H,10-15H2,1H3,(H,25,31)(H2,24,26,27). The van der Waals surface area contributed by atoms with Gasteiger partial charge in [0.2, 0.25) is 5.95 Å². The van der Waals surface area contributed by atoms with Gasteiger partial charge in [-0.05, 0) is 24.7 Å². The first-order valence-electron chi connectivity index (χ1n) is 10.5. The van der Waals surface area contributed by atoms with Crippen LogP contribution in [0.25, 0.3) is 10.9 Å². The number of nitrogen functional groups attached to an aromatic ring is 1. The highest BCUT2D eigenvalue weighted by molar-refractivity contribution is 6.10. The molecule has 0 bridgehead atoms. The minimum absolute atomic E-state index is 0.157. The Labute approximate surface area is 186 Å². The van der Waals surface area contributed by atoms with Gasteiger partial charge in [0.25, 0.3) is 5.91 Å². The quantitative estimate of drug-likeness (QED) is 0.560. The third kappa shape index (κ3) is 4.94. The van der Waals surface area contributed by atoms with Crippen LogP contribution in [0.2, 0.25) is 0 Å². The number of piperazine rings is 1. The maximum absolute atomic E-state index is 13.0. The monoisotopic (exact) mass is 434 g/mol. The summed E-state index contributed by atoms with van der Waals surface area (Å²) in [5.74, 6) is -0.107. The van der Waals surface area contributed by atoms with Gasteiger partial charge in [-0.3, -0.25) is 9.59 Å². The summed E-state index contributed by atoms with van der Waals surface area (Å²) in [6.07, 6.45) is 0. The number of hydrogen-bond donors (Lipinski definition) is 2. The van der Waals surface area contributed by atoms with Gasteiger partial charge in [0.05, 0.1) is 16.5 Å². The minimum Gasteiger partial charge on any atom is -0.460 e. The predicted molar refractivity (Wildman–Crippen MR) is 122 cm³/mol. The minimum atomic E-state index is -0.512. The van der Waals surface area contributed by atoms with Crippen LogP contribution in [0, 0.1) is 0 Å². The molecule has 9 heteroatoms. The molecular formula is C23H26N6O3. The van der Waals surface area contributed by atoms with Gasteiger partial charge in [0.15, 0.2) is 0 Å². The van der Waals surface area contributed by atoms with Crippen molar-refractivity contribution in [1.29, 1.82) is 0 Å². The summed E-state index contributed by atoms with van der Waals surface area (Å²) in [6, 6.07) is 14.6. The summed E-state index contributed by atoms with van der Waals surface area (Å²) in [4.78, 5) is 38.2. The van der Waals surface area contributed by atoms with E-state index in [1.165, 1.54) is 0 Å². The number of hydrogen-bond acceptors (Lipinski definition) is 8. The second-order valence-electron chi connectivity index (χ2n) is 7.72. The van der Waals surface area contributed by atoms with Crippen molar-refractivity contribution < 1.29 is 14.3 Å². The van der Waals surface area contributed by atoms with E-state index >= 15 is 0 Å². The molecule has 2 aromatic carbocycles. The van der Waals surface area contributed by atoms with Gasteiger partial charge >= 0.3 is 5.97 Å². The van der Waals surface area contributed by atoms with Gasteiger partial charge in [-0.2, -0.15) is 4.98 Å². The number of ether oxygens (including phenoxy) is 1. The van der Waals surface area contributed by atoms with Gasteiger partial charge in [0.1, 0.15) is 19.0 Å². The number of nitrogens with zero attached hydrogens (tertiary/aromatic N) is 4. The summed E-state index contributed by atoms with van der Waals surface area (Å²) in [5.41, 5.74) is 7.81. The van der Waals surface area contributed by atoms with Crippen LogP contribution in [0.15, 0.2) is 48.5 Å². The van der Waals surface area contributed by atoms with Crippen LogP contribution in [-0.4, -0.2) is 66.5 Å². The highest BCUT2D eigenvalue weighted by Gasteiger charge is 2.23. The lowest BCUT2D eigenvalue weighted by Crippen LogP contribution is -2.45. The Morgan fingerprint density at radius 1 is 1.03 bits per heavy atom. The average Bonchev–Trinajstić information content (AvgIpc) is 2.81. The zero-order valence-electron chi connectivity index (χ0n) is 18.0. The first-order chi connectivity index (χ1) is 15.5. The molecule has 0 spiro atoms. The number of anilines is 2. The molecule has 166 valence electrons. The Morgan fingerprint density at radius 3 is 2.53 bits per heavy atom. The Hall–Kier alpha value is -3.72. The molecule has 1 saturated heterocycles. The van der Waals surface area contributed by atoms with Crippen LogP contribution in [0.4, 0.5) is 11.8 Å². The Bertz CT molecular complexity index is 1110. The Morgan fingerprint density at radius 2 is 1.78 bits per heavy atom. The number of fused-ring (bicyclic) bond motifs is 1. The molecule has 9 nitrogen and oxygen atoms in total. The van der Waals surface area contributed by atoms with E-state index in [1.54, 1.807) is 18.2 Å². The van der Waals surface area contributed by atoms with E-state index in [1.807, 2.05) is 30.3 Å². The highest BCUT2D eigenvalue weighted by atomic mass is 16.5. The molecule has 1 amide bonds. The topological polar surface area (TPSA) is 114 Å². The molecule has 0 unspecified atom stereocenters. The first kappa shape index (κ1) is 21.5. The van der Waals surface area contributed by atoms with Crippen molar-refractivity contribution in [2.75, 3.05) is 50.4 Å². The van der Waals surface area contributed by atoms with Gasteiger partial charge < -0.3 is 25.6 Å². The van der Waals surface area contributed by atoms with Crippen molar-refractivity contribution in [3.63, 3.8) is 0 Å². The van der Waals surface area contributed by atoms with Crippen molar-refractivity contribution in [3.8, 4) is 0 Å². The molecule has 0 atom stereocenters. The third-order valence-electron chi connectivity index (χ3n) is 5.40. The van der Waals surface area contributed by atoms with Crippen molar-refractivity contribution in [3.05, 3.63) is 59.7 Å². The SMILES string of the molecule is CN1CCN(c2nc(N)nc3cccc(C(=O)NCC(=O)OCc4ccccc4)c23)CC1. The van der Waals surface area contributed by atoms with Crippen LogP contribution in [0.3, 0.4) is 0 Å². The van der Waals surface area contributed by atoms with Crippen LogP contribution in [0.1, 0.15) is 15.9 Å². The van der Waals surface area contributed by atoms with Crippen molar-refractivity contribution in [2.24, 2.45) is 0 Å². The number of esters is 1. The molecule has 0 aliphatic carbocycles. The lowest BCUT2D eigenvalue weighted by Gasteiger charge is -2.34. The van der Waals surface area contributed by atoms with Crippen molar-refractivity contribution >= 4 is 34.5 Å². The molecule has 1 fully saturated rings. The van der Waals surface area contributed by atoms with E-state index in [0.29, 0.717) is 22.3 Å². The smallest absolute Gasteiger partial charge is 0.325 e. The fourth-order valence-corrected chi connectivity index (χ4v) is 3.65. The second-order valence-corrected chi connectivity index (χ2v) is 7.72. The number of likely N-dealkylation sites (N-methyl/N-ethyl adjacent to an activating group) is 1. The molecule has 1 aliphatic heterocycles. The number of aromatic nitrogens is 2. The van der Waals surface area contributed by atoms with Crippen molar-refractivity contribution in [1.82, 2.24) is 20.2 Å². The number of carbonyl (C=O) groups excluding carboxylic acids is 2. The van der Waals surface area contributed by atoms with Crippen molar-refractivity contribution in [2.45, 2.75) is 6.61 Å². The average molecular weight is 435 g/mol. The van der Waals surface area contributed by atoms with Crippen LogP contribution in [0.5, 0.6) is 0 Å². The zero-order chi connectivity index (χ0) is 22.5. The lowest BCUT2D eigenvalue weighted by molar-refractivity contribution is -0.143. The molecule has 4 rings (SSSR count). The number of nitrogens with one attached hydrogen (secondary N) is 1. The number of amides is 1. The second kappa shape index (κ2) is 9.61. The number of nitrogens with two attached hydrogens (primary N) is 1. The van der Waals surface area contributed by atoms with E-state index in [0.717, 1.165) is 31.7 Å². The molecule has 3 aromatic rings. The number of benzene rings is 2. The van der Waals surface area contributed by atoms with Crippen LogP contribution in [-0.2, 0) is 16.1 Å². The summed E-state index contributed by atoms with van der Waals surface area (Å²) in [6.45, 7) is 3.22. The van der Waals surface area contributed by atoms with E-state index < -0.39 is 11.9 Å². The fourth-order valence-electron chi connectivity index (χ4n) is 3.65. The molecule has 0 radical (unpaired) electrons. The molecule has 3 N–H and O–H groups in total. The molecule has 0 saturated carbocycles. The number of rotatable bonds is 6. The van der Waals surface area contributed by atoms with Crippen LogP contribution >= 0.6 is 0 Å². The van der Waals surface area contributed by atoms with E-state index in [9.17, 15) is 9.59 Å². The lowest BCUT2D eigenvalue weighted by atomic mass is 10.1. The summed E-state index contributed by atoms with van der Waals surface area (Å²) in [7, 11) is 2.07. The first-order valence-corrected chi connectivity index (χ1v) is 10.5. The molecule has 2 heterocycles. The molecular weight excluding hydrogens is 408 g/mol. The fraction of sp³-hybridized carbons (Fsp3) is 0.304. The largest absolute Gasteiger partial charge is 0.460 e. The predicted octanol–water partition coefficient (Wildman–Crippen LogP) is 1.44. The molecule has 32 heavy (non-hydrogen) atoms. The normalized spacial score (nSPS) is 14.3. The van der Waals surface area contributed by atoms with E-state index in [2.05, 4.69) is 32.1 Å². The summed E-state index contributed by atoms with van der Waals surface area (Å²) < 4.78 is 5.24. The van der Waals surface area contributed by atoms with Gasteiger partial charge in [0, 0.05) is 26.2 Å². The molecule has 1 aromatic heterocycles. The maximum atomic E-state index is 13.0. The maximum Gasteiger partial charge on any atom is 0.325 e. The Balaban J connectivity index is 1.50. The van der Waals surface area contributed by atoms with E-state index in [-0.39, 0.29) is 19.1 Å². The molecule has 1 aliphatic rings. The van der Waals surface area contributed by atoms with Gasteiger partial charge in [-0.25, -0.2) is 4.98 Å².